The molecule has 1 atom stereocenters. The number of aromatic nitrogens is 4. The van der Waals surface area contributed by atoms with E-state index in [-0.39, 0.29) is 11.2 Å². The normalized spacial score (nSPS) is 11.9. The lowest BCUT2D eigenvalue weighted by molar-refractivity contribution is -0.115. The van der Waals surface area contributed by atoms with Crippen LogP contribution in [0.2, 0.25) is 0 Å². The van der Waals surface area contributed by atoms with Crippen molar-refractivity contribution in [3.63, 3.8) is 0 Å². The van der Waals surface area contributed by atoms with E-state index >= 15 is 0 Å². The number of hydrogen-bond donors (Lipinski definition) is 1. The zero-order valence-corrected chi connectivity index (χ0v) is 15.3. The van der Waals surface area contributed by atoms with Crippen molar-refractivity contribution >= 4 is 34.1 Å². The van der Waals surface area contributed by atoms with E-state index in [0.717, 1.165) is 11.4 Å². The number of anilines is 1. The fourth-order valence-corrected chi connectivity index (χ4v) is 3.56. The van der Waals surface area contributed by atoms with Crippen LogP contribution >= 0.6 is 23.1 Å². The summed E-state index contributed by atoms with van der Waals surface area (Å²) in [6, 6.07) is 9.84. The summed E-state index contributed by atoms with van der Waals surface area (Å²) in [5, 5.41) is 14.1. The number of rotatable bonds is 7. The lowest BCUT2D eigenvalue weighted by atomic mass is 10.2. The summed E-state index contributed by atoms with van der Waals surface area (Å²) in [6.07, 6.45) is 3.45. The third-order valence-corrected chi connectivity index (χ3v) is 5.14. The molecule has 1 N–H and O–H groups in total. The predicted octanol–water partition coefficient (Wildman–Crippen LogP) is 3.71. The number of benzene rings is 1. The fraction of sp³-hybridized carbons (Fsp3) is 0.176. The van der Waals surface area contributed by atoms with Crippen molar-refractivity contribution in [2.24, 2.45) is 0 Å². The van der Waals surface area contributed by atoms with Crippen molar-refractivity contribution in [3.8, 4) is 11.4 Å². The molecule has 0 saturated carbocycles. The van der Waals surface area contributed by atoms with Gasteiger partial charge in [0.2, 0.25) is 5.91 Å². The molecule has 0 aliphatic heterocycles. The van der Waals surface area contributed by atoms with E-state index < -0.39 is 0 Å². The molecule has 25 heavy (non-hydrogen) atoms. The average molecular weight is 371 g/mol. The van der Waals surface area contributed by atoms with E-state index in [1.807, 2.05) is 47.2 Å². The Kier molecular flexibility index (Phi) is 5.62. The molecule has 1 aromatic carbocycles. The van der Waals surface area contributed by atoms with Crippen molar-refractivity contribution in [2.45, 2.75) is 23.9 Å². The highest BCUT2D eigenvalue weighted by Crippen LogP contribution is 2.27. The quantitative estimate of drug-likeness (QED) is 0.506. The van der Waals surface area contributed by atoms with Crippen molar-refractivity contribution in [2.75, 3.05) is 5.32 Å². The summed E-state index contributed by atoms with van der Waals surface area (Å²) in [5.41, 5.74) is 0.976. The number of carbonyl (C=O) groups excluding carboxylic acids is 1. The maximum absolute atomic E-state index is 12.3. The Morgan fingerprint density at radius 1 is 1.40 bits per heavy atom. The summed E-state index contributed by atoms with van der Waals surface area (Å²) in [4.78, 5) is 16.4. The summed E-state index contributed by atoms with van der Waals surface area (Å²) in [6.45, 7) is 6.21. The molecular weight excluding hydrogens is 354 g/mol. The second-order valence-corrected chi connectivity index (χ2v) is 7.36. The second kappa shape index (κ2) is 8.09. The van der Waals surface area contributed by atoms with Crippen LogP contribution in [0, 0.1) is 0 Å². The van der Waals surface area contributed by atoms with Crippen LogP contribution in [-0.4, -0.2) is 30.9 Å². The van der Waals surface area contributed by atoms with Crippen LogP contribution in [0.25, 0.3) is 11.4 Å². The highest BCUT2D eigenvalue weighted by atomic mass is 32.2. The van der Waals surface area contributed by atoms with Gasteiger partial charge in [-0.1, -0.05) is 48.2 Å². The first-order valence-electron chi connectivity index (χ1n) is 7.65. The van der Waals surface area contributed by atoms with Gasteiger partial charge in [0.1, 0.15) is 0 Å². The molecule has 0 spiro atoms. The van der Waals surface area contributed by atoms with E-state index in [4.69, 9.17) is 0 Å². The standard InChI is InChI=1S/C17H17N5OS2/c1-3-10-22-14(13-7-5-4-6-8-13)20-21-17(22)25-12(2)15(23)19-16-18-9-11-24-16/h3-9,11-12H,1,10H2,2H3,(H,18,19,23). The third-order valence-electron chi connectivity index (χ3n) is 3.37. The number of nitrogens with one attached hydrogen (secondary N) is 1. The van der Waals surface area contributed by atoms with Gasteiger partial charge in [-0.3, -0.25) is 9.36 Å². The van der Waals surface area contributed by atoms with Gasteiger partial charge < -0.3 is 5.32 Å². The molecule has 6 nitrogen and oxygen atoms in total. The van der Waals surface area contributed by atoms with E-state index in [1.54, 1.807) is 12.3 Å². The third kappa shape index (κ3) is 4.15. The fourth-order valence-electron chi connectivity index (χ4n) is 2.17. The van der Waals surface area contributed by atoms with Crippen LogP contribution in [0.15, 0.2) is 59.7 Å². The highest BCUT2D eigenvalue weighted by molar-refractivity contribution is 8.00. The van der Waals surface area contributed by atoms with Crippen molar-refractivity contribution in [1.82, 2.24) is 19.7 Å². The topological polar surface area (TPSA) is 72.7 Å². The first-order chi connectivity index (χ1) is 12.2. The average Bonchev–Trinajstić information content (AvgIpc) is 3.26. The number of hydrogen-bond acceptors (Lipinski definition) is 6. The molecule has 2 aromatic heterocycles. The van der Waals surface area contributed by atoms with E-state index in [0.29, 0.717) is 16.8 Å². The zero-order valence-electron chi connectivity index (χ0n) is 13.6. The van der Waals surface area contributed by atoms with Gasteiger partial charge in [-0.2, -0.15) is 0 Å². The maximum Gasteiger partial charge on any atom is 0.239 e. The number of allylic oxidation sites excluding steroid dienone is 1. The molecule has 0 saturated heterocycles. The van der Waals surface area contributed by atoms with Crippen LogP contribution in [-0.2, 0) is 11.3 Å². The highest BCUT2D eigenvalue weighted by Gasteiger charge is 2.21. The molecule has 1 amide bonds. The van der Waals surface area contributed by atoms with Gasteiger partial charge in [0, 0.05) is 23.7 Å². The summed E-state index contributed by atoms with van der Waals surface area (Å²) in [7, 11) is 0. The van der Waals surface area contributed by atoms with Crippen molar-refractivity contribution < 1.29 is 4.79 Å². The minimum atomic E-state index is -0.333. The zero-order chi connectivity index (χ0) is 17.6. The molecule has 0 aliphatic carbocycles. The van der Waals surface area contributed by atoms with Crippen LogP contribution < -0.4 is 5.32 Å². The molecule has 3 aromatic rings. The Balaban J connectivity index is 1.78. The first kappa shape index (κ1) is 17.4. The Hall–Kier alpha value is -2.45. The van der Waals surface area contributed by atoms with Gasteiger partial charge in [0.05, 0.1) is 5.25 Å². The number of carbonyl (C=O) groups is 1. The molecule has 1 unspecified atom stereocenters. The molecule has 2 heterocycles. The number of thiazole rings is 1. The largest absolute Gasteiger partial charge is 0.301 e. The SMILES string of the molecule is C=CCn1c(SC(C)C(=O)Nc2nccs2)nnc1-c1ccccc1. The molecule has 0 radical (unpaired) electrons. The van der Waals surface area contributed by atoms with Gasteiger partial charge in [0.25, 0.3) is 0 Å². The van der Waals surface area contributed by atoms with E-state index in [9.17, 15) is 4.79 Å². The van der Waals surface area contributed by atoms with Crippen LogP contribution in [0.4, 0.5) is 5.13 Å². The summed E-state index contributed by atoms with van der Waals surface area (Å²) in [5.74, 6) is 0.643. The number of amides is 1. The first-order valence-corrected chi connectivity index (χ1v) is 9.41. The molecule has 0 aliphatic rings. The molecule has 3 rings (SSSR count). The Morgan fingerprint density at radius 2 is 2.20 bits per heavy atom. The van der Waals surface area contributed by atoms with Crippen molar-refractivity contribution in [1.29, 1.82) is 0 Å². The number of thioether (sulfide) groups is 1. The predicted molar refractivity (Wildman–Crippen MR) is 102 cm³/mol. The molecular formula is C17H17N5OS2. The van der Waals surface area contributed by atoms with Crippen LogP contribution in [0.5, 0.6) is 0 Å². The maximum atomic E-state index is 12.3. The minimum Gasteiger partial charge on any atom is -0.301 e. The van der Waals surface area contributed by atoms with Gasteiger partial charge in [-0.15, -0.1) is 28.1 Å². The lowest BCUT2D eigenvalue weighted by Gasteiger charge is -2.11. The molecule has 0 bridgehead atoms. The van der Waals surface area contributed by atoms with E-state index in [2.05, 4.69) is 27.1 Å². The Morgan fingerprint density at radius 3 is 2.88 bits per heavy atom. The van der Waals surface area contributed by atoms with Gasteiger partial charge >= 0.3 is 0 Å². The van der Waals surface area contributed by atoms with Gasteiger partial charge in [-0.25, -0.2) is 4.98 Å². The minimum absolute atomic E-state index is 0.116. The smallest absolute Gasteiger partial charge is 0.239 e. The molecule has 128 valence electrons. The van der Waals surface area contributed by atoms with E-state index in [1.165, 1.54) is 23.1 Å². The van der Waals surface area contributed by atoms with Gasteiger partial charge in [0.15, 0.2) is 16.1 Å². The van der Waals surface area contributed by atoms with Crippen LogP contribution in [0.3, 0.4) is 0 Å². The Labute approximate surface area is 154 Å². The summed E-state index contributed by atoms with van der Waals surface area (Å²) >= 11 is 2.75. The molecule has 0 fully saturated rings. The lowest BCUT2D eigenvalue weighted by Crippen LogP contribution is -2.22. The monoisotopic (exact) mass is 371 g/mol. The molecule has 8 heteroatoms. The Bertz CT molecular complexity index is 845. The van der Waals surface area contributed by atoms with Crippen molar-refractivity contribution in [3.05, 3.63) is 54.6 Å². The second-order valence-electron chi connectivity index (χ2n) is 5.16. The van der Waals surface area contributed by atoms with Crippen LogP contribution in [0.1, 0.15) is 6.92 Å². The van der Waals surface area contributed by atoms with Gasteiger partial charge in [-0.05, 0) is 6.92 Å². The number of nitrogens with zero attached hydrogens (tertiary/aromatic N) is 4. The summed E-state index contributed by atoms with van der Waals surface area (Å²) < 4.78 is 1.96.